The fourth-order valence-electron chi connectivity index (χ4n) is 1.64. The van der Waals surface area contributed by atoms with Crippen molar-refractivity contribution in [1.82, 2.24) is 10.3 Å². The van der Waals surface area contributed by atoms with Crippen molar-refractivity contribution < 1.29 is 14.7 Å². The van der Waals surface area contributed by atoms with Crippen molar-refractivity contribution in [3.05, 3.63) is 36.9 Å². The number of aromatic carboxylic acids is 1. The molecule has 0 aliphatic carbocycles. The molecule has 0 fully saturated rings. The van der Waals surface area contributed by atoms with E-state index in [2.05, 4.69) is 26.2 Å². The van der Waals surface area contributed by atoms with Crippen molar-refractivity contribution in [3.63, 3.8) is 0 Å². The van der Waals surface area contributed by atoms with Crippen LogP contribution in [-0.2, 0) is 17.6 Å². The Bertz CT molecular complexity index is 639. The SMILES string of the molecule is O=C(CCc1cc(Br)cs1)NCCc1nc(C(=O)O)cs1. The number of hydrogen-bond acceptors (Lipinski definition) is 5. The van der Waals surface area contributed by atoms with Gasteiger partial charge in [0.15, 0.2) is 5.69 Å². The average Bonchev–Trinajstić information content (AvgIpc) is 3.05. The Kier molecular flexibility index (Phi) is 5.89. The number of aryl methyl sites for hydroxylation is 1. The summed E-state index contributed by atoms with van der Waals surface area (Å²) in [6, 6.07) is 2.01. The van der Waals surface area contributed by atoms with Crippen LogP contribution in [0.2, 0.25) is 0 Å². The first-order chi connectivity index (χ1) is 10.0. The fourth-order valence-corrected chi connectivity index (χ4v) is 3.87. The topological polar surface area (TPSA) is 79.3 Å². The maximum Gasteiger partial charge on any atom is 0.355 e. The van der Waals surface area contributed by atoms with Crippen LogP contribution in [0.1, 0.15) is 26.8 Å². The third-order valence-electron chi connectivity index (χ3n) is 2.65. The first kappa shape index (κ1) is 16.1. The van der Waals surface area contributed by atoms with Crippen molar-refractivity contribution >= 4 is 50.5 Å². The summed E-state index contributed by atoms with van der Waals surface area (Å²) in [7, 11) is 0. The zero-order chi connectivity index (χ0) is 15.2. The van der Waals surface area contributed by atoms with Crippen LogP contribution < -0.4 is 5.32 Å². The van der Waals surface area contributed by atoms with Gasteiger partial charge in [0.1, 0.15) is 0 Å². The molecule has 0 saturated heterocycles. The van der Waals surface area contributed by atoms with Gasteiger partial charge in [0, 0.05) is 39.5 Å². The number of carbonyl (C=O) groups is 2. The van der Waals surface area contributed by atoms with Gasteiger partial charge >= 0.3 is 5.97 Å². The molecule has 0 aliphatic rings. The van der Waals surface area contributed by atoms with E-state index in [0.717, 1.165) is 15.9 Å². The highest BCUT2D eigenvalue weighted by Crippen LogP contribution is 2.20. The van der Waals surface area contributed by atoms with E-state index >= 15 is 0 Å². The molecule has 112 valence electrons. The number of thiophene rings is 1. The van der Waals surface area contributed by atoms with Crippen molar-refractivity contribution in [2.75, 3.05) is 6.54 Å². The van der Waals surface area contributed by atoms with Gasteiger partial charge in [-0.15, -0.1) is 22.7 Å². The average molecular weight is 389 g/mol. The number of hydrogen-bond donors (Lipinski definition) is 2. The molecule has 0 unspecified atom stereocenters. The number of thiazole rings is 1. The second kappa shape index (κ2) is 7.67. The highest BCUT2D eigenvalue weighted by Gasteiger charge is 2.09. The number of halogens is 1. The predicted octanol–water partition coefficient (Wildman–Crippen LogP) is 2.96. The summed E-state index contributed by atoms with van der Waals surface area (Å²) in [5.74, 6) is -1.03. The molecule has 8 heteroatoms. The number of amides is 1. The van der Waals surface area contributed by atoms with Crippen LogP contribution in [0.15, 0.2) is 21.3 Å². The Balaban J connectivity index is 1.67. The quantitative estimate of drug-likeness (QED) is 0.763. The Morgan fingerprint density at radius 2 is 2.10 bits per heavy atom. The Labute approximate surface area is 138 Å². The molecule has 0 saturated carbocycles. The second-order valence-electron chi connectivity index (χ2n) is 4.26. The number of rotatable bonds is 7. The van der Waals surface area contributed by atoms with E-state index in [9.17, 15) is 9.59 Å². The number of nitrogens with zero attached hydrogens (tertiary/aromatic N) is 1. The van der Waals surface area contributed by atoms with E-state index < -0.39 is 5.97 Å². The van der Waals surface area contributed by atoms with Crippen molar-refractivity contribution in [2.45, 2.75) is 19.3 Å². The van der Waals surface area contributed by atoms with Crippen LogP contribution in [0, 0.1) is 0 Å². The van der Waals surface area contributed by atoms with E-state index in [4.69, 9.17) is 5.11 Å². The molecule has 0 bridgehead atoms. The van der Waals surface area contributed by atoms with Gasteiger partial charge in [-0.1, -0.05) is 0 Å². The highest BCUT2D eigenvalue weighted by molar-refractivity contribution is 9.10. The van der Waals surface area contributed by atoms with Gasteiger partial charge in [0.05, 0.1) is 5.01 Å². The van der Waals surface area contributed by atoms with E-state index in [1.165, 1.54) is 21.6 Å². The van der Waals surface area contributed by atoms with Crippen LogP contribution in [0.25, 0.3) is 0 Å². The number of aromatic nitrogens is 1. The number of carboxylic acids is 1. The molecule has 2 aromatic heterocycles. The van der Waals surface area contributed by atoms with Crippen LogP contribution in [0.3, 0.4) is 0 Å². The molecule has 2 heterocycles. The molecule has 2 N–H and O–H groups in total. The summed E-state index contributed by atoms with van der Waals surface area (Å²) in [5, 5.41) is 15.8. The lowest BCUT2D eigenvalue weighted by atomic mass is 10.2. The molecule has 21 heavy (non-hydrogen) atoms. The lowest BCUT2D eigenvalue weighted by Gasteiger charge is -2.02. The second-order valence-corrected chi connectivity index (χ2v) is 7.12. The fraction of sp³-hybridized carbons (Fsp3) is 0.308. The lowest BCUT2D eigenvalue weighted by Crippen LogP contribution is -2.25. The van der Waals surface area contributed by atoms with Crippen LogP contribution >= 0.6 is 38.6 Å². The van der Waals surface area contributed by atoms with Crippen LogP contribution in [0.5, 0.6) is 0 Å². The zero-order valence-electron chi connectivity index (χ0n) is 11.0. The van der Waals surface area contributed by atoms with Crippen LogP contribution in [-0.4, -0.2) is 28.5 Å². The summed E-state index contributed by atoms with van der Waals surface area (Å²) in [5.41, 5.74) is 0.0598. The molecule has 2 rings (SSSR count). The van der Waals surface area contributed by atoms with Gasteiger partial charge in [-0.3, -0.25) is 4.79 Å². The van der Waals surface area contributed by atoms with E-state index in [1.807, 2.05) is 11.4 Å². The first-order valence-corrected chi connectivity index (χ1v) is 8.77. The van der Waals surface area contributed by atoms with Gasteiger partial charge in [-0.25, -0.2) is 9.78 Å². The minimum atomic E-state index is -1.02. The normalized spacial score (nSPS) is 10.5. The van der Waals surface area contributed by atoms with E-state index in [1.54, 1.807) is 11.3 Å². The molecule has 2 aromatic rings. The van der Waals surface area contributed by atoms with E-state index in [-0.39, 0.29) is 11.6 Å². The van der Waals surface area contributed by atoms with Gasteiger partial charge < -0.3 is 10.4 Å². The summed E-state index contributed by atoms with van der Waals surface area (Å²) in [6.07, 6.45) is 1.72. The maximum atomic E-state index is 11.7. The van der Waals surface area contributed by atoms with Gasteiger partial charge in [0.25, 0.3) is 0 Å². The van der Waals surface area contributed by atoms with Gasteiger partial charge in [-0.05, 0) is 28.4 Å². The van der Waals surface area contributed by atoms with Crippen molar-refractivity contribution in [2.24, 2.45) is 0 Å². The lowest BCUT2D eigenvalue weighted by molar-refractivity contribution is -0.121. The highest BCUT2D eigenvalue weighted by atomic mass is 79.9. The summed E-state index contributed by atoms with van der Waals surface area (Å²) >= 11 is 6.30. The molecule has 0 atom stereocenters. The first-order valence-electron chi connectivity index (χ1n) is 6.22. The van der Waals surface area contributed by atoms with Crippen molar-refractivity contribution in [3.8, 4) is 0 Å². The maximum absolute atomic E-state index is 11.7. The Morgan fingerprint density at radius 3 is 2.71 bits per heavy atom. The van der Waals surface area contributed by atoms with E-state index in [0.29, 0.717) is 19.4 Å². The minimum Gasteiger partial charge on any atom is -0.476 e. The molecular formula is C13H13BrN2O3S2. The molecule has 1 amide bonds. The monoisotopic (exact) mass is 388 g/mol. The molecule has 0 aliphatic heterocycles. The van der Waals surface area contributed by atoms with Gasteiger partial charge in [0.2, 0.25) is 5.91 Å². The largest absolute Gasteiger partial charge is 0.476 e. The predicted molar refractivity (Wildman–Crippen MR) is 86.1 cm³/mol. The third kappa shape index (κ3) is 5.22. The number of carbonyl (C=O) groups excluding carboxylic acids is 1. The molecule has 5 nitrogen and oxygen atoms in total. The summed E-state index contributed by atoms with van der Waals surface area (Å²) in [4.78, 5) is 27.5. The third-order valence-corrected chi connectivity index (χ3v) is 5.32. The Hall–Kier alpha value is -1.25. The summed E-state index contributed by atoms with van der Waals surface area (Å²) in [6.45, 7) is 0.472. The summed E-state index contributed by atoms with van der Waals surface area (Å²) < 4.78 is 1.04. The minimum absolute atomic E-state index is 0.00506. The molecule has 0 aromatic carbocycles. The molecule has 0 spiro atoms. The standard InChI is InChI=1S/C13H13BrN2O3S2/c14-8-5-9(20-6-8)1-2-11(17)15-4-3-12-16-10(7-21-12)13(18)19/h5-7H,1-4H2,(H,15,17)(H,18,19). The van der Waals surface area contributed by atoms with Crippen LogP contribution in [0.4, 0.5) is 0 Å². The molecular weight excluding hydrogens is 376 g/mol. The van der Waals surface area contributed by atoms with Crippen molar-refractivity contribution in [1.29, 1.82) is 0 Å². The van der Waals surface area contributed by atoms with Gasteiger partial charge in [-0.2, -0.15) is 0 Å². The Morgan fingerprint density at radius 1 is 1.29 bits per heavy atom. The number of nitrogens with one attached hydrogen (secondary N) is 1. The number of carboxylic acid groups (broad SMARTS) is 1. The molecule has 0 radical (unpaired) electrons. The smallest absolute Gasteiger partial charge is 0.355 e. The zero-order valence-corrected chi connectivity index (χ0v) is 14.2.